The van der Waals surface area contributed by atoms with Crippen LogP contribution in [0.1, 0.15) is 30.7 Å². The molecule has 9 heteroatoms. The van der Waals surface area contributed by atoms with Crippen molar-refractivity contribution in [2.24, 2.45) is 0 Å². The van der Waals surface area contributed by atoms with Crippen molar-refractivity contribution < 1.29 is 32.2 Å². The summed E-state index contributed by atoms with van der Waals surface area (Å²) in [7, 11) is 0. The summed E-state index contributed by atoms with van der Waals surface area (Å²) in [6.45, 7) is 6.94. The summed E-state index contributed by atoms with van der Waals surface area (Å²) in [6, 6.07) is 9.57. The van der Waals surface area contributed by atoms with Crippen molar-refractivity contribution in [3.63, 3.8) is 0 Å². The van der Waals surface area contributed by atoms with Crippen LogP contribution in [0.4, 0.5) is 13.2 Å². The van der Waals surface area contributed by atoms with E-state index in [-0.39, 0.29) is 18.1 Å². The third kappa shape index (κ3) is 6.57. The minimum absolute atomic E-state index is 0.166. The average Bonchev–Trinajstić information content (AvgIpc) is 3.04. The third-order valence-electron chi connectivity index (χ3n) is 4.99. The molecule has 1 aromatic heterocycles. The summed E-state index contributed by atoms with van der Waals surface area (Å²) < 4.78 is 52.8. The normalized spacial score (nSPS) is 11.5. The second-order valence-electron chi connectivity index (χ2n) is 7.41. The fourth-order valence-corrected chi connectivity index (χ4v) is 3.66. The molecule has 3 rings (SSSR count). The maximum Gasteiger partial charge on any atom is 0.573 e. The lowest BCUT2D eigenvalue weighted by Crippen LogP contribution is -2.27. The van der Waals surface area contributed by atoms with Gasteiger partial charge in [0.05, 0.1) is 19.6 Å². The molecule has 3 aromatic rings. The molecule has 2 aromatic carbocycles. The largest absolute Gasteiger partial charge is 0.573 e. The van der Waals surface area contributed by atoms with Gasteiger partial charge in [0.25, 0.3) is 0 Å². The molecule has 0 aliphatic carbocycles. The summed E-state index contributed by atoms with van der Waals surface area (Å²) >= 11 is 0. The van der Waals surface area contributed by atoms with Crippen LogP contribution in [-0.4, -0.2) is 37.0 Å². The van der Waals surface area contributed by atoms with Gasteiger partial charge in [-0.15, -0.1) is 13.2 Å². The third-order valence-corrected chi connectivity index (χ3v) is 4.99. The minimum atomic E-state index is -4.75. The second kappa shape index (κ2) is 10.5. The molecule has 0 saturated carbocycles. The molecular weight excluding hydrogens is 437 g/mol. The number of hydrogen-bond donors (Lipinski definition) is 2. The van der Waals surface area contributed by atoms with Crippen LogP contribution < -0.4 is 19.5 Å². The van der Waals surface area contributed by atoms with Gasteiger partial charge in [-0.25, -0.2) is 0 Å². The van der Waals surface area contributed by atoms with Gasteiger partial charge < -0.3 is 24.5 Å². The van der Waals surface area contributed by atoms with Gasteiger partial charge in [0.15, 0.2) is 11.5 Å². The van der Waals surface area contributed by atoms with E-state index in [2.05, 4.69) is 15.0 Å². The van der Waals surface area contributed by atoms with E-state index < -0.39 is 6.36 Å². The molecule has 0 aliphatic heterocycles. The molecule has 0 atom stereocenters. The molecule has 0 fully saturated rings. The Bertz CT molecular complexity index is 1110. The molecule has 0 unspecified atom stereocenters. The predicted molar refractivity (Wildman–Crippen MR) is 119 cm³/mol. The van der Waals surface area contributed by atoms with Crippen LogP contribution in [0.5, 0.6) is 17.2 Å². The van der Waals surface area contributed by atoms with Crippen molar-refractivity contribution >= 4 is 16.8 Å². The van der Waals surface area contributed by atoms with E-state index in [0.29, 0.717) is 48.6 Å². The van der Waals surface area contributed by atoms with E-state index in [9.17, 15) is 18.0 Å². The van der Waals surface area contributed by atoms with Crippen LogP contribution in [0.3, 0.4) is 0 Å². The van der Waals surface area contributed by atoms with Crippen LogP contribution in [0.25, 0.3) is 10.9 Å². The van der Waals surface area contributed by atoms with E-state index in [1.54, 1.807) is 18.2 Å². The second-order valence-corrected chi connectivity index (χ2v) is 7.41. The first-order valence-corrected chi connectivity index (χ1v) is 10.7. The van der Waals surface area contributed by atoms with Crippen molar-refractivity contribution in [1.29, 1.82) is 0 Å². The van der Waals surface area contributed by atoms with Crippen molar-refractivity contribution in [3.8, 4) is 17.2 Å². The summed E-state index contributed by atoms with van der Waals surface area (Å²) in [6.07, 6.45) is -4.13. The lowest BCUT2D eigenvalue weighted by molar-refractivity contribution is -0.274. The molecule has 0 radical (unpaired) electrons. The zero-order valence-electron chi connectivity index (χ0n) is 18.8. The smallest absolute Gasteiger partial charge is 0.490 e. The number of aryl methyl sites for hydroxylation is 1. The monoisotopic (exact) mass is 464 g/mol. The van der Waals surface area contributed by atoms with E-state index in [1.165, 1.54) is 12.1 Å². The number of amides is 1. The Morgan fingerprint density at radius 2 is 1.76 bits per heavy atom. The first-order chi connectivity index (χ1) is 15.7. The standard InChI is InChI=1S/C24H27F3N2O4/c1-4-31-21-9-6-16(12-22(21)32-5-2)13-23(30)28-11-10-18-15(3)29-20-8-7-17(14-19(18)20)33-24(25,26)27/h6-9,12,14,29H,4-5,10-11,13H2,1-3H3,(H,28,30). The Labute approximate surface area is 190 Å². The van der Waals surface area contributed by atoms with Gasteiger partial charge >= 0.3 is 6.36 Å². The molecular formula is C24H27F3N2O4. The number of aromatic nitrogens is 1. The van der Waals surface area contributed by atoms with Gasteiger partial charge in [0.1, 0.15) is 5.75 Å². The number of fused-ring (bicyclic) bond motifs is 1. The maximum absolute atomic E-state index is 12.6. The molecule has 2 N–H and O–H groups in total. The van der Waals surface area contributed by atoms with Crippen molar-refractivity contribution in [1.82, 2.24) is 10.3 Å². The number of hydrogen-bond acceptors (Lipinski definition) is 4. The first kappa shape index (κ1) is 24.3. The Hall–Kier alpha value is -3.36. The number of carbonyl (C=O) groups excluding carboxylic acids is 1. The number of aromatic amines is 1. The number of rotatable bonds is 10. The van der Waals surface area contributed by atoms with E-state index >= 15 is 0 Å². The van der Waals surface area contributed by atoms with E-state index in [1.807, 2.05) is 26.8 Å². The number of nitrogens with one attached hydrogen (secondary N) is 2. The highest BCUT2D eigenvalue weighted by Crippen LogP contribution is 2.30. The van der Waals surface area contributed by atoms with Crippen LogP contribution in [0.15, 0.2) is 36.4 Å². The Balaban J connectivity index is 1.63. The minimum Gasteiger partial charge on any atom is -0.490 e. The van der Waals surface area contributed by atoms with Crippen LogP contribution >= 0.6 is 0 Å². The lowest BCUT2D eigenvalue weighted by Gasteiger charge is -2.12. The van der Waals surface area contributed by atoms with E-state index in [4.69, 9.17) is 9.47 Å². The average molecular weight is 464 g/mol. The fourth-order valence-electron chi connectivity index (χ4n) is 3.66. The van der Waals surface area contributed by atoms with E-state index in [0.717, 1.165) is 16.8 Å². The summed E-state index contributed by atoms with van der Waals surface area (Å²) in [5.74, 6) is 0.781. The molecule has 0 aliphatic rings. The van der Waals surface area contributed by atoms with Gasteiger partial charge in [-0.1, -0.05) is 6.07 Å². The van der Waals surface area contributed by atoms with Gasteiger partial charge in [0, 0.05) is 23.1 Å². The number of H-pyrrole nitrogens is 1. The van der Waals surface area contributed by atoms with Crippen molar-refractivity contribution in [3.05, 3.63) is 53.2 Å². The number of ether oxygens (including phenoxy) is 3. The summed E-state index contributed by atoms with van der Waals surface area (Å²) in [5.41, 5.74) is 3.16. The highest BCUT2D eigenvalue weighted by Gasteiger charge is 2.31. The topological polar surface area (TPSA) is 72.6 Å². The fraction of sp³-hybridized carbons (Fsp3) is 0.375. The van der Waals surface area contributed by atoms with Crippen molar-refractivity contribution in [2.45, 2.75) is 40.0 Å². The number of benzene rings is 2. The number of alkyl halides is 3. The van der Waals surface area contributed by atoms with Gasteiger partial charge in [-0.2, -0.15) is 0 Å². The summed E-state index contributed by atoms with van der Waals surface area (Å²) in [4.78, 5) is 15.6. The molecule has 1 amide bonds. The number of halogens is 3. The summed E-state index contributed by atoms with van der Waals surface area (Å²) in [5, 5.41) is 3.50. The molecule has 33 heavy (non-hydrogen) atoms. The first-order valence-electron chi connectivity index (χ1n) is 10.7. The number of carbonyl (C=O) groups is 1. The predicted octanol–water partition coefficient (Wildman–Crippen LogP) is 5.07. The van der Waals surface area contributed by atoms with Gasteiger partial charge in [0.2, 0.25) is 5.91 Å². The van der Waals surface area contributed by atoms with Crippen LogP contribution in [0, 0.1) is 6.92 Å². The SMILES string of the molecule is CCOc1ccc(CC(=O)NCCc2c(C)[nH]c3ccc(OC(F)(F)F)cc23)cc1OCC. The maximum atomic E-state index is 12.6. The molecule has 1 heterocycles. The molecule has 0 saturated heterocycles. The molecule has 0 bridgehead atoms. The lowest BCUT2D eigenvalue weighted by atomic mass is 10.1. The zero-order valence-corrected chi connectivity index (χ0v) is 18.8. The Morgan fingerprint density at radius 1 is 1.03 bits per heavy atom. The van der Waals surface area contributed by atoms with Crippen LogP contribution in [-0.2, 0) is 17.6 Å². The highest BCUT2D eigenvalue weighted by atomic mass is 19.4. The molecule has 0 spiro atoms. The Kier molecular flexibility index (Phi) is 7.73. The Morgan fingerprint density at radius 3 is 2.45 bits per heavy atom. The van der Waals surface area contributed by atoms with Gasteiger partial charge in [-0.3, -0.25) is 4.79 Å². The van der Waals surface area contributed by atoms with Crippen molar-refractivity contribution in [2.75, 3.05) is 19.8 Å². The highest BCUT2D eigenvalue weighted by molar-refractivity contribution is 5.86. The molecule has 6 nitrogen and oxygen atoms in total. The quantitative estimate of drug-likeness (QED) is 0.439. The molecule has 178 valence electrons. The van der Waals surface area contributed by atoms with Crippen LogP contribution in [0.2, 0.25) is 0 Å². The zero-order chi connectivity index (χ0) is 24.0. The van der Waals surface area contributed by atoms with Gasteiger partial charge in [-0.05, 0) is 68.7 Å².